The molecule has 2 fully saturated rings. The van der Waals surface area contributed by atoms with E-state index in [-0.39, 0.29) is 5.41 Å². The first-order chi connectivity index (χ1) is 14.3. The first-order valence-electron chi connectivity index (χ1n) is 10.8. The number of hydrogen-bond acceptors (Lipinski definition) is 5. The Morgan fingerprint density at radius 2 is 1.76 bits per heavy atom. The van der Waals surface area contributed by atoms with Gasteiger partial charge in [-0.3, -0.25) is 9.89 Å². The van der Waals surface area contributed by atoms with Crippen LogP contribution >= 0.6 is 0 Å². The van der Waals surface area contributed by atoms with Crippen molar-refractivity contribution in [1.82, 2.24) is 15.5 Å². The highest BCUT2D eigenvalue weighted by Crippen LogP contribution is 2.35. The number of benzene rings is 1. The molecule has 0 spiro atoms. The summed E-state index contributed by atoms with van der Waals surface area (Å²) in [5.41, 5.74) is 1.38. The predicted octanol–water partition coefficient (Wildman–Crippen LogP) is 1.63. The van der Waals surface area contributed by atoms with Crippen LogP contribution in [0.15, 0.2) is 29.3 Å². The molecule has 0 bridgehead atoms. The van der Waals surface area contributed by atoms with Crippen LogP contribution in [0.4, 0.5) is 0 Å². The van der Waals surface area contributed by atoms with Crippen molar-refractivity contribution in [3.63, 3.8) is 0 Å². The fourth-order valence-electron chi connectivity index (χ4n) is 4.03. The third-order valence-electron chi connectivity index (χ3n) is 5.87. The lowest BCUT2D eigenvalue weighted by Crippen LogP contribution is -2.49. The van der Waals surface area contributed by atoms with Gasteiger partial charge in [-0.15, -0.1) is 0 Å². The minimum Gasteiger partial charge on any atom is -0.494 e. The summed E-state index contributed by atoms with van der Waals surface area (Å²) in [7, 11) is 1.83. The Morgan fingerprint density at radius 3 is 2.41 bits per heavy atom. The molecule has 1 aromatic carbocycles. The fourth-order valence-corrected chi connectivity index (χ4v) is 4.03. The molecule has 162 valence electrons. The molecule has 0 saturated carbocycles. The van der Waals surface area contributed by atoms with Crippen molar-refractivity contribution >= 4 is 5.96 Å². The van der Waals surface area contributed by atoms with Crippen LogP contribution in [0.25, 0.3) is 0 Å². The summed E-state index contributed by atoms with van der Waals surface area (Å²) in [5.74, 6) is 1.78. The van der Waals surface area contributed by atoms with E-state index in [0.717, 1.165) is 83.7 Å². The summed E-state index contributed by atoms with van der Waals surface area (Å²) < 4.78 is 16.7. The molecule has 2 aliphatic heterocycles. The van der Waals surface area contributed by atoms with E-state index in [2.05, 4.69) is 44.8 Å². The highest BCUT2D eigenvalue weighted by Gasteiger charge is 2.34. The lowest BCUT2D eigenvalue weighted by Gasteiger charge is -2.38. The molecular weight excluding hydrogens is 368 g/mol. The van der Waals surface area contributed by atoms with E-state index in [1.165, 1.54) is 5.56 Å². The van der Waals surface area contributed by atoms with Gasteiger partial charge in [0, 0.05) is 58.4 Å². The zero-order valence-electron chi connectivity index (χ0n) is 17.9. The molecule has 2 heterocycles. The number of rotatable bonds is 8. The molecule has 29 heavy (non-hydrogen) atoms. The van der Waals surface area contributed by atoms with E-state index >= 15 is 0 Å². The summed E-state index contributed by atoms with van der Waals surface area (Å²) in [6.07, 6.45) is 2.00. The highest BCUT2D eigenvalue weighted by atomic mass is 16.5. The molecule has 1 aromatic rings. The van der Waals surface area contributed by atoms with Crippen molar-refractivity contribution < 1.29 is 14.2 Å². The van der Waals surface area contributed by atoms with Crippen molar-refractivity contribution in [2.45, 2.75) is 25.2 Å². The van der Waals surface area contributed by atoms with Gasteiger partial charge >= 0.3 is 0 Å². The molecule has 0 atom stereocenters. The van der Waals surface area contributed by atoms with Crippen molar-refractivity contribution in [2.75, 3.05) is 72.8 Å². The monoisotopic (exact) mass is 404 g/mol. The molecule has 2 N–H and O–H groups in total. The van der Waals surface area contributed by atoms with Gasteiger partial charge in [0.2, 0.25) is 0 Å². The predicted molar refractivity (Wildman–Crippen MR) is 116 cm³/mol. The van der Waals surface area contributed by atoms with Gasteiger partial charge in [-0.1, -0.05) is 12.1 Å². The van der Waals surface area contributed by atoms with Gasteiger partial charge in [0.15, 0.2) is 5.96 Å². The van der Waals surface area contributed by atoms with E-state index in [0.29, 0.717) is 6.61 Å². The summed E-state index contributed by atoms with van der Waals surface area (Å²) in [6, 6.07) is 8.55. The maximum absolute atomic E-state index is 5.66. The number of hydrogen-bond donors (Lipinski definition) is 2. The molecule has 0 amide bonds. The van der Waals surface area contributed by atoms with Crippen molar-refractivity contribution in [3.8, 4) is 5.75 Å². The Hall–Kier alpha value is -1.83. The van der Waals surface area contributed by atoms with E-state index < -0.39 is 0 Å². The Labute approximate surface area is 174 Å². The third kappa shape index (κ3) is 6.32. The first-order valence-corrected chi connectivity index (χ1v) is 10.8. The van der Waals surface area contributed by atoms with E-state index in [1.54, 1.807) is 0 Å². The molecule has 7 heteroatoms. The topological polar surface area (TPSA) is 67.4 Å². The number of ether oxygens (including phenoxy) is 3. The van der Waals surface area contributed by atoms with Crippen LogP contribution in [0, 0.1) is 0 Å². The van der Waals surface area contributed by atoms with Gasteiger partial charge in [0.05, 0.1) is 19.8 Å². The summed E-state index contributed by atoms with van der Waals surface area (Å²) in [6.45, 7) is 10.7. The molecular formula is C22H36N4O3. The molecule has 0 radical (unpaired) electrons. The van der Waals surface area contributed by atoms with E-state index in [4.69, 9.17) is 14.2 Å². The summed E-state index contributed by atoms with van der Waals surface area (Å²) >= 11 is 0. The molecule has 2 saturated heterocycles. The Bertz CT molecular complexity index is 623. The van der Waals surface area contributed by atoms with Gasteiger partial charge in [0.1, 0.15) is 5.75 Å². The average molecular weight is 405 g/mol. The standard InChI is InChI=1S/C22H36N4O3/c1-3-29-20-6-4-19(5-7-20)22(8-14-27-15-9-22)18-25-21(23-2)24-10-11-26-12-16-28-17-13-26/h4-7H,3,8-18H2,1-2H3,(H2,23,24,25). The van der Waals surface area contributed by atoms with Crippen LogP contribution in [0.5, 0.6) is 5.75 Å². The molecule has 3 rings (SSSR count). The summed E-state index contributed by atoms with van der Waals surface area (Å²) in [4.78, 5) is 6.84. The maximum Gasteiger partial charge on any atom is 0.191 e. The molecule has 0 unspecified atom stereocenters. The lowest BCUT2D eigenvalue weighted by molar-refractivity contribution is 0.0388. The SMILES string of the molecule is CCOc1ccc(C2(CNC(=NC)NCCN3CCOCC3)CCOCC2)cc1. The smallest absolute Gasteiger partial charge is 0.191 e. The second kappa shape index (κ2) is 11.4. The number of nitrogens with one attached hydrogen (secondary N) is 2. The zero-order chi connectivity index (χ0) is 20.4. The Balaban J connectivity index is 1.55. The Morgan fingerprint density at radius 1 is 1.07 bits per heavy atom. The quantitative estimate of drug-likeness (QED) is 0.507. The highest BCUT2D eigenvalue weighted by molar-refractivity contribution is 5.79. The maximum atomic E-state index is 5.66. The molecule has 7 nitrogen and oxygen atoms in total. The van der Waals surface area contributed by atoms with Crippen LogP contribution in [-0.4, -0.2) is 83.7 Å². The number of morpholine rings is 1. The average Bonchev–Trinajstić information content (AvgIpc) is 2.78. The van der Waals surface area contributed by atoms with Gasteiger partial charge in [-0.25, -0.2) is 0 Å². The van der Waals surface area contributed by atoms with Crippen molar-refractivity contribution in [3.05, 3.63) is 29.8 Å². The largest absolute Gasteiger partial charge is 0.494 e. The normalized spacial score (nSPS) is 20.3. The van der Waals surface area contributed by atoms with Gasteiger partial charge in [-0.2, -0.15) is 0 Å². The van der Waals surface area contributed by atoms with E-state index in [9.17, 15) is 0 Å². The van der Waals surface area contributed by atoms with Crippen LogP contribution in [0.3, 0.4) is 0 Å². The lowest BCUT2D eigenvalue weighted by atomic mass is 9.74. The fraction of sp³-hybridized carbons (Fsp3) is 0.682. The minimum absolute atomic E-state index is 0.0465. The van der Waals surface area contributed by atoms with Gasteiger partial charge in [0.25, 0.3) is 0 Å². The third-order valence-corrected chi connectivity index (χ3v) is 5.87. The van der Waals surface area contributed by atoms with Gasteiger partial charge in [-0.05, 0) is 37.5 Å². The van der Waals surface area contributed by atoms with Crippen LogP contribution < -0.4 is 15.4 Å². The van der Waals surface area contributed by atoms with Gasteiger partial charge < -0.3 is 24.8 Å². The van der Waals surface area contributed by atoms with Crippen LogP contribution in [0.1, 0.15) is 25.3 Å². The van der Waals surface area contributed by atoms with E-state index in [1.807, 2.05) is 14.0 Å². The van der Waals surface area contributed by atoms with Crippen LogP contribution in [-0.2, 0) is 14.9 Å². The van der Waals surface area contributed by atoms with Crippen LogP contribution in [0.2, 0.25) is 0 Å². The number of nitrogens with zero attached hydrogens (tertiary/aromatic N) is 2. The molecule has 0 aromatic heterocycles. The molecule has 0 aliphatic carbocycles. The van der Waals surface area contributed by atoms with Crippen molar-refractivity contribution in [2.24, 2.45) is 4.99 Å². The number of aliphatic imine (C=N–C) groups is 1. The minimum atomic E-state index is 0.0465. The Kier molecular flexibility index (Phi) is 8.58. The number of guanidine groups is 1. The second-order valence-corrected chi connectivity index (χ2v) is 7.66. The second-order valence-electron chi connectivity index (χ2n) is 7.66. The molecule has 2 aliphatic rings. The summed E-state index contributed by atoms with van der Waals surface area (Å²) in [5, 5.41) is 7.02. The zero-order valence-corrected chi connectivity index (χ0v) is 17.9. The van der Waals surface area contributed by atoms with Crippen molar-refractivity contribution in [1.29, 1.82) is 0 Å². The first kappa shape index (κ1) is 21.9.